The SMILES string of the molecule is CSCc1ccc(C(Nc2ccc(C)cc2Cl)C(=O)O)o1.CSCc1ccc(C(Nc2ccc(F)cc2Cl)C(=O)O)o1. The fourth-order valence-electron chi connectivity index (χ4n) is 3.70. The summed E-state index contributed by atoms with van der Waals surface area (Å²) in [5.74, 6) is 0.822. The molecular formula is C29H29Cl2FN2O6S2. The molecule has 0 fully saturated rings. The van der Waals surface area contributed by atoms with E-state index in [-0.39, 0.29) is 10.8 Å². The van der Waals surface area contributed by atoms with E-state index in [1.165, 1.54) is 12.1 Å². The van der Waals surface area contributed by atoms with E-state index < -0.39 is 29.8 Å². The summed E-state index contributed by atoms with van der Waals surface area (Å²) in [7, 11) is 0. The van der Waals surface area contributed by atoms with Crippen LogP contribution in [0.3, 0.4) is 0 Å². The molecule has 0 radical (unpaired) electrons. The highest BCUT2D eigenvalue weighted by Crippen LogP contribution is 2.30. The number of furan rings is 2. The van der Waals surface area contributed by atoms with Gasteiger partial charge in [-0.2, -0.15) is 23.5 Å². The van der Waals surface area contributed by atoms with Crippen LogP contribution in [-0.2, 0) is 21.1 Å². The smallest absolute Gasteiger partial charge is 0.334 e. The zero-order valence-corrected chi connectivity index (χ0v) is 26.0. The van der Waals surface area contributed by atoms with Crippen LogP contribution in [-0.4, -0.2) is 34.7 Å². The number of halogens is 3. The Morgan fingerprint density at radius 3 is 1.64 bits per heavy atom. The molecule has 2 unspecified atom stereocenters. The minimum atomic E-state index is -1.11. The summed E-state index contributed by atoms with van der Waals surface area (Å²) in [6, 6.07) is 13.9. The normalized spacial score (nSPS) is 12.1. The first kappa shape index (κ1) is 33.3. The van der Waals surface area contributed by atoms with Crippen LogP contribution in [0.4, 0.5) is 15.8 Å². The lowest BCUT2D eigenvalue weighted by atomic mass is 10.2. The summed E-state index contributed by atoms with van der Waals surface area (Å²) in [4.78, 5) is 22.9. The second kappa shape index (κ2) is 15.8. The summed E-state index contributed by atoms with van der Waals surface area (Å²) in [6.45, 7) is 1.92. The highest BCUT2D eigenvalue weighted by Gasteiger charge is 2.25. The monoisotopic (exact) mass is 654 g/mol. The van der Waals surface area contributed by atoms with Crippen molar-refractivity contribution in [3.63, 3.8) is 0 Å². The third kappa shape index (κ3) is 9.38. The van der Waals surface area contributed by atoms with Gasteiger partial charge in [-0.3, -0.25) is 0 Å². The number of benzene rings is 2. The summed E-state index contributed by atoms with van der Waals surface area (Å²) < 4.78 is 24.1. The molecule has 0 amide bonds. The maximum absolute atomic E-state index is 13.0. The zero-order chi connectivity index (χ0) is 30.8. The number of hydrogen-bond acceptors (Lipinski definition) is 8. The largest absolute Gasteiger partial charge is 0.479 e. The number of thioether (sulfide) groups is 2. The Labute approximate surface area is 261 Å². The zero-order valence-electron chi connectivity index (χ0n) is 22.8. The second-order valence-corrected chi connectivity index (χ2v) is 11.5. The maximum Gasteiger partial charge on any atom is 0.334 e. The molecule has 4 rings (SSSR count). The third-order valence-corrected chi connectivity index (χ3v) is 7.43. The van der Waals surface area contributed by atoms with Crippen molar-refractivity contribution in [3.8, 4) is 0 Å². The van der Waals surface area contributed by atoms with Gasteiger partial charge in [-0.15, -0.1) is 0 Å². The fraction of sp³-hybridized carbons (Fsp3) is 0.241. The molecule has 2 aromatic heterocycles. The minimum absolute atomic E-state index is 0.108. The van der Waals surface area contributed by atoms with Gasteiger partial charge in [-0.1, -0.05) is 29.3 Å². The van der Waals surface area contributed by atoms with E-state index in [9.17, 15) is 24.2 Å². The highest BCUT2D eigenvalue weighted by atomic mass is 35.5. The number of aryl methyl sites for hydroxylation is 1. The molecule has 2 heterocycles. The van der Waals surface area contributed by atoms with Crippen molar-refractivity contribution in [2.75, 3.05) is 23.1 Å². The molecule has 2 aromatic carbocycles. The Morgan fingerprint density at radius 2 is 1.24 bits per heavy atom. The molecule has 4 N–H and O–H groups in total. The highest BCUT2D eigenvalue weighted by molar-refractivity contribution is 7.98. The Kier molecular flexibility index (Phi) is 12.5. The predicted octanol–water partition coefficient (Wildman–Crippen LogP) is 8.52. The number of carbonyl (C=O) groups is 2. The second-order valence-electron chi connectivity index (χ2n) is 8.91. The molecular weight excluding hydrogens is 626 g/mol. The van der Waals surface area contributed by atoms with Crippen LogP contribution in [0.15, 0.2) is 69.5 Å². The van der Waals surface area contributed by atoms with Crippen LogP contribution in [0, 0.1) is 12.7 Å². The van der Waals surface area contributed by atoms with E-state index in [1.54, 1.807) is 59.9 Å². The van der Waals surface area contributed by atoms with Gasteiger partial charge in [-0.05, 0) is 79.6 Å². The molecule has 0 aliphatic heterocycles. The molecule has 0 bridgehead atoms. The van der Waals surface area contributed by atoms with Crippen molar-refractivity contribution in [2.24, 2.45) is 0 Å². The number of nitrogens with one attached hydrogen (secondary N) is 2. The number of carboxylic acids is 2. The van der Waals surface area contributed by atoms with Gasteiger partial charge in [-0.25, -0.2) is 14.0 Å². The standard InChI is InChI=1S/C15H16ClNO3S.C14H13ClFNO3S/c1-9-3-5-12(11(16)7-9)17-14(15(18)19)13-6-4-10(20-13)8-21-2;1-21-7-9-3-5-12(20-9)13(14(18)19)17-11-4-2-8(16)6-10(11)15/h3-7,14,17H,8H2,1-2H3,(H,18,19);2-6,13,17H,7H2,1H3,(H,18,19). The van der Waals surface area contributed by atoms with Gasteiger partial charge < -0.3 is 29.7 Å². The summed E-state index contributed by atoms with van der Waals surface area (Å²) in [5, 5.41) is 25.0. The van der Waals surface area contributed by atoms with Gasteiger partial charge in [0.05, 0.1) is 32.9 Å². The molecule has 0 saturated carbocycles. The van der Waals surface area contributed by atoms with E-state index in [4.69, 9.17) is 32.0 Å². The first-order valence-electron chi connectivity index (χ1n) is 12.4. The topological polar surface area (TPSA) is 125 Å². The van der Waals surface area contributed by atoms with Crippen molar-refractivity contribution in [2.45, 2.75) is 30.5 Å². The molecule has 0 aliphatic rings. The van der Waals surface area contributed by atoms with Gasteiger partial charge in [0.25, 0.3) is 0 Å². The van der Waals surface area contributed by atoms with Crippen LogP contribution in [0.5, 0.6) is 0 Å². The van der Waals surface area contributed by atoms with Crippen LogP contribution >= 0.6 is 46.7 Å². The lowest BCUT2D eigenvalue weighted by Crippen LogP contribution is -2.20. The fourth-order valence-corrected chi connectivity index (χ4v) is 5.09. The Bertz CT molecular complexity index is 1400. The van der Waals surface area contributed by atoms with Crippen molar-refractivity contribution in [3.05, 3.63) is 105 Å². The number of anilines is 2. The first-order chi connectivity index (χ1) is 20.0. The average Bonchev–Trinajstić information content (AvgIpc) is 3.58. The van der Waals surface area contributed by atoms with Gasteiger partial charge in [0.2, 0.25) is 0 Å². The van der Waals surface area contributed by atoms with Gasteiger partial charge in [0, 0.05) is 0 Å². The molecule has 13 heteroatoms. The molecule has 4 aromatic rings. The molecule has 224 valence electrons. The molecule has 42 heavy (non-hydrogen) atoms. The van der Waals surface area contributed by atoms with Gasteiger partial charge >= 0.3 is 11.9 Å². The lowest BCUT2D eigenvalue weighted by molar-refractivity contribution is -0.139. The van der Waals surface area contributed by atoms with Gasteiger partial charge in [0.15, 0.2) is 12.1 Å². The predicted molar refractivity (Wildman–Crippen MR) is 167 cm³/mol. The van der Waals surface area contributed by atoms with E-state index in [0.29, 0.717) is 39.4 Å². The van der Waals surface area contributed by atoms with E-state index >= 15 is 0 Å². The maximum atomic E-state index is 13.0. The van der Waals surface area contributed by atoms with Crippen molar-refractivity contribution in [1.29, 1.82) is 0 Å². The molecule has 2 atom stereocenters. The summed E-state index contributed by atoms with van der Waals surface area (Å²) >= 11 is 15.2. The van der Waals surface area contributed by atoms with E-state index in [0.717, 1.165) is 17.4 Å². The molecule has 0 spiro atoms. The summed E-state index contributed by atoms with van der Waals surface area (Å²) in [6.07, 6.45) is 3.88. The van der Waals surface area contributed by atoms with E-state index in [1.807, 2.05) is 25.5 Å². The van der Waals surface area contributed by atoms with Crippen LogP contribution in [0.1, 0.15) is 40.7 Å². The summed E-state index contributed by atoms with van der Waals surface area (Å²) in [5.41, 5.74) is 1.91. The number of carboxylic acid groups (broad SMARTS) is 2. The van der Waals surface area contributed by atoms with Gasteiger partial charge in [0.1, 0.15) is 28.9 Å². The number of hydrogen-bond donors (Lipinski definition) is 4. The van der Waals surface area contributed by atoms with Crippen LogP contribution in [0.25, 0.3) is 0 Å². The third-order valence-electron chi connectivity index (χ3n) is 5.66. The van der Waals surface area contributed by atoms with E-state index in [2.05, 4.69) is 10.6 Å². The van der Waals surface area contributed by atoms with Crippen LogP contribution in [0.2, 0.25) is 10.0 Å². The molecule has 0 aliphatic carbocycles. The Hall–Kier alpha value is -3.25. The molecule has 0 saturated heterocycles. The first-order valence-corrected chi connectivity index (χ1v) is 15.9. The Balaban J connectivity index is 0.000000230. The van der Waals surface area contributed by atoms with Crippen molar-refractivity contribution < 1.29 is 33.0 Å². The average molecular weight is 656 g/mol. The van der Waals surface area contributed by atoms with Crippen molar-refractivity contribution in [1.82, 2.24) is 0 Å². The number of rotatable bonds is 12. The number of aliphatic carboxylic acids is 2. The van der Waals surface area contributed by atoms with Crippen molar-refractivity contribution >= 4 is 70.0 Å². The lowest BCUT2D eigenvalue weighted by Gasteiger charge is -2.15. The van der Waals surface area contributed by atoms with Crippen LogP contribution < -0.4 is 10.6 Å². The Morgan fingerprint density at radius 1 is 0.786 bits per heavy atom. The quantitative estimate of drug-likeness (QED) is 0.118. The minimum Gasteiger partial charge on any atom is -0.479 e. The molecule has 8 nitrogen and oxygen atoms in total.